The summed E-state index contributed by atoms with van der Waals surface area (Å²) < 4.78 is 5.39. The second-order valence-corrected chi connectivity index (χ2v) is 8.23. The van der Waals surface area contributed by atoms with Crippen molar-refractivity contribution in [2.45, 2.75) is 45.1 Å². The fourth-order valence-electron chi connectivity index (χ4n) is 4.71. The predicted molar refractivity (Wildman–Crippen MR) is 108 cm³/mol. The average Bonchev–Trinajstić information content (AvgIpc) is 2.79. The lowest BCUT2D eigenvalue weighted by molar-refractivity contribution is -0.141. The summed E-state index contributed by atoms with van der Waals surface area (Å²) >= 11 is 0. The lowest BCUT2D eigenvalue weighted by Gasteiger charge is -2.43. The van der Waals surface area contributed by atoms with Gasteiger partial charge >= 0.3 is 0 Å². The third kappa shape index (κ3) is 4.46. The molecule has 3 aliphatic rings. The highest BCUT2D eigenvalue weighted by atomic mass is 16.5. The van der Waals surface area contributed by atoms with E-state index in [2.05, 4.69) is 26.7 Å². The number of amides is 1. The maximum absolute atomic E-state index is 12.9. The molecule has 0 radical (unpaired) electrons. The molecule has 1 atom stereocenters. The molecule has 0 saturated carbocycles. The maximum atomic E-state index is 12.9. The Bertz CT molecular complexity index is 639. The normalized spacial score (nSPS) is 25.1. The largest absolute Gasteiger partial charge is 0.378 e. The number of hydrogen-bond donors (Lipinski definition) is 0. The number of aryl methyl sites for hydroxylation is 1. The molecule has 3 fully saturated rings. The quantitative estimate of drug-likeness (QED) is 0.782. The van der Waals surface area contributed by atoms with E-state index in [-0.39, 0.29) is 5.92 Å². The first-order valence-corrected chi connectivity index (χ1v) is 10.9. The molecule has 0 aliphatic carbocycles. The molecule has 0 bridgehead atoms. The molecular formula is C21H33N5O2. The van der Waals surface area contributed by atoms with E-state index in [9.17, 15) is 4.79 Å². The van der Waals surface area contributed by atoms with Crippen LogP contribution >= 0.6 is 0 Å². The molecular weight excluding hydrogens is 354 g/mol. The van der Waals surface area contributed by atoms with E-state index >= 15 is 0 Å². The summed E-state index contributed by atoms with van der Waals surface area (Å²) in [6, 6.07) is 0.575. The average molecular weight is 388 g/mol. The van der Waals surface area contributed by atoms with Crippen molar-refractivity contribution in [3.63, 3.8) is 0 Å². The van der Waals surface area contributed by atoms with Gasteiger partial charge in [0.05, 0.1) is 19.1 Å². The molecule has 0 unspecified atom stereocenters. The van der Waals surface area contributed by atoms with Gasteiger partial charge in [-0.25, -0.2) is 9.97 Å². The van der Waals surface area contributed by atoms with Gasteiger partial charge in [-0.2, -0.15) is 0 Å². The monoisotopic (exact) mass is 387 g/mol. The second kappa shape index (κ2) is 9.18. The number of anilines is 1. The highest BCUT2D eigenvalue weighted by molar-refractivity contribution is 5.79. The lowest BCUT2D eigenvalue weighted by Crippen LogP contribution is -2.52. The maximum Gasteiger partial charge on any atom is 0.227 e. The van der Waals surface area contributed by atoms with Gasteiger partial charge in [0.25, 0.3) is 0 Å². The van der Waals surface area contributed by atoms with Gasteiger partial charge in [-0.1, -0.05) is 6.92 Å². The SMILES string of the molecule is CCc1cnc(N2CCC(N3CCC[C@H](C(=O)N4CCOCC4)C3)CC2)nc1. The van der Waals surface area contributed by atoms with Gasteiger partial charge in [0.15, 0.2) is 0 Å². The molecule has 7 nitrogen and oxygen atoms in total. The number of carbonyl (C=O) groups excluding carboxylic acids is 1. The number of morpholine rings is 1. The smallest absolute Gasteiger partial charge is 0.227 e. The molecule has 1 amide bonds. The van der Waals surface area contributed by atoms with Gasteiger partial charge in [-0.15, -0.1) is 0 Å². The Morgan fingerprint density at radius 1 is 1.07 bits per heavy atom. The predicted octanol–water partition coefficient (Wildman–Crippen LogP) is 1.58. The highest BCUT2D eigenvalue weighted by Gasteiger charge is 2.34. The summed E-state index contributed by atoms with van der Waals surface area (Å²) in [5, 5.41) is 0. The number of ether oxygens (including phenoxy) is 1. The van der Waals surface area contributed by atoms with Crippen molar-refractivity contribution < 1.29 is 9.53 Å². The number of rotatable bonds is 4. The number of carbonyl (C=O) groups is 1. The zero-order valence-electron chi connectivity index (χ0n) is 17.1. The molecule has 4 heterocycles. The van der Waals surface area contributed by atoms with Crippen LogP contribution in [0.4, 0.5) is 5.95 Å². The number of piperidine rings is 2. The van der Waals surface area contributed by atoms with Crippen LogP contribution in [-0.2, 0) is 16.0 Å². The zero-order valence-corrected chi connectivity index (χ0v) is 17.1. The molecule has 1 aromatic rings. The van der Waals surface area contributed by atoms with Crippen molar-refractivity contribution in [3.8, 4) is 0 Å². The number of likely N-dealkylation sites (tertiary alicyclic amines) is 1. The Labute approximate surface area is 168 Å². The fourth-order valence-corrected chi connectivity index (χ4v) is 4.71. The molecule has 3 saturated heterocycles. The Morgan fingerprint density at radius 2 is 1.79 bits per heavy atom. The third-order valence-electron chi connectivity index (χ3n) is 6.49. The molecule has 28 heavy (non-hydrogen) atoms. The van der Waals surface area contributed by atoms with Crippen molar-refractivity contribution in [2.24, 2.45) is 5.92 Å². The van der Waals surface area contributed by atoms with Crippen molar-refractivity contribution in [2.75, 3.05) is 57.4 Å². The van der Waals surface area contributed by atoms with Gasteiger partial charge in [0, 0.05) is 51.2 Å². The van der Waals surface area contributed by atoms with Crippen LogP contribution in [0.25, 0.3) is 0 Å². The molecule has 0 aromatic carbocycles. The summed E-state index contributed by atoms with van der Waals surface area (Å²) in [4.78, 5) is 28.9. The van der Waals surface area contributed by atoms with Gasteiger partial charge in [0.1, 0.15) is 0 Å². The van der Waals surface area contributed by atoms with Crippen LogP contribution in [0.15, 0.2) is 12.4 Å². The fraction of sp³-hybridized carbons (Fsp3) is 0.762. The molecule has 154 valence electrons. The summed E-state index contributed by atoms with van der Waals surface area (Å²) in [6.45, 7) is 9.03. The van der Waals surface area contributed by atoms with Crippen LogP contribution in [0.5, 0.6) is 0 Å². The minimum absolute atomic E-state index is 0.162. The van der Waals surface area contributed by atoms with Gasteiger partial charge in [-0.05, 0) is 44.2 Å². The topological polar surface area (TPSA) is 61.8 Å². The van der Waals surface area contributed by atoms with Crippen LogP contribution in [0.2, 0.25) is 0 Å². The lowest BCUT2D eigenvalue weighted by atomic mass is 9.92. The minimum Gasteiger partial charge on any atom is -0.378 e. The molecule has 1 aromatic heterocycles. The van der Waals surface area contributed by atoms with E-state index in [1.165, 1.54) is 5.56 Å². The van der Waals surface area contributed by atoms with Crippen LogP contribution < -0.4 is 4.90 Å². The first-order valence-electron chi connectivity index (χ1n) is 10.9. The standard InChI is InChI=1S/C21H33N5O2/c1-2-17-14-22-21(23-15-17)25-8-5-19(6-9-25)26-7-3-4-18(16-26)20(27)24-10-12-28-13-11-24/h14-15,18-19H,2-13,16H2,1H3/t18-/m0/s1. The zero-order chi connectivity index (χ0) is 19.3. The van der Waals surface area contributed by atoms with Crippen molar-refractivity contribution in [1.29, 1.82) is 0 Å². The molecule has 7 heteroatoms. The first kappa shape index (κ1) is 19.6. The van der Waals surface area contributed by atoms with Gasteiger partial charge < -0.3 is 14.5 Å². The number of nitrogens with zero attached hydrogens (tertiary/aromatic N) is 5. The number of aromatic nitrogens is 2. The van der Waals surface area contributed by atoms with Crippen LogP contribution in [0.3, 0.4) is 0 Å². The van der Waals surface area contributed by atoms with Gasteiger partial charge in [0.2, 0.25) is 11.9 Å². The Balaban J connectivity index is 1.29. The summed E-state index contributed by atoms with van der Waals surface area (Å²) in [6.07, 6.45) is 9.27. The molecule has 0 N–H and O–H groups in total. The minimum atomic E-state index is 0.162. The molecule has 3 aliphatic heterocycles. The second-order valence-electron chi connectivity index (χ2n) is 8.23. The molecule has 0 spiro atoms. The van der Waals surface area contributed by atoms with Crippen molar-refractivity contribution in [1.82, 2.24) is 19.8 Å². The van der Waals surface area contributed by atoms with Crippen molar-refractivity contribution in [3.05, 3.63) is 18.0 Å². The van der Waals surface area contributed by atoms with E-state index in [0.717, 1.165) is 77.3 Å². The summed E-state index contributed by atoms with van der Waals surface area (Å²) in [5.41, 5.74) is 1.18. The Kier molecular flexibility index (Phi) is 6.42. The van der Waals surface area contributed by atoms with E-state index in [4.69, 9.17) is 4.74 Å². The number of hydrogen-bond acceptors (Lipinski definition) is 6. The van der Waals surface area contributed by atoms with E-state index in [1.807, 2.05) is 17.3 Å². The van der Waals surface area contributed by atoms with Crippen LogP contribution in [0.1, 0.15) is 38.2 Å². The van der Waals surface area contributed by atoms with Crippen LogP contribution in [-0.4, -0.2) is 84.2 Å². The molecule has 4 rings (SSSR count). The van der Waals surface area contributed by atoms with Gasteiger partial charge in [-0.3, -0.25) is 9.69 Å². The Morgan fingerprint density at radius 3 is 2.46 bits per heavy atom. The van der Waals surface area contributed by atoms with Crippen LogP contribution in [0, 0.1) is 5.92 Å². The Hall–Kier alpha value is -1.73. The van der Waals surface area contributed by atoms with E-state index < -0.39 is 0 Å². The highest BCUT2D eigenvalue weighted by Crippen LogP contribution is 2.26. The van der Waals surface area contributed by atoms with E-state index in [0.29, 0.717) is 25.2 Å². The van der Waals surface area contributed by atoms with E-state index in [1.54, 1.807) is 0 Å². The van der Waals surface area contributed by atoms with Crippen molar-refractivity contribution >= 4 is 11.9 Å². The third-order valence-corrected chi connectivity index (χ3v) is 6.49. The summed E-state index contributed by atoms with van der Waals surface area (Å²) in [5.74, 6) is 1.36. The first-order chi connectivity index (χ1) is 13.7. The summed E-state index contributed by atoms with van der Waals surface area (Å²) in [7, 11) is 0.